The van der Waals surface area contributed by atoms with E-state index < -0.39 is 53.7 Å². The minimum Gasteiger partial charge on any atom is -0.453 e. The Labute approximate surface area is 195 Å². The Bertz CT molecular complexity index is 807. The van der Waals surface area contributed by atoms with E-state index in [2.05, 4.69) is 29.9 Å². The van der Waals surface area contributed by atoms with Crippen LogP contribution in [0.15, 0.2) is 24.3 Å². The molecule has 1 aromatic carbocycles. The van der Waals surface area contributed by atoms with Crippen LogP contribution in [0.2, 0.25) is 0 Å². The molecule has 1 fully saturated rings. The van der Waals surface area contributed by atoms with Crippen molar-refractivity contribution in [3.63, 3.8) is 0 Å². The third-order valence-corrected chi connectivity index (χ3v) is 5.60. The highest BCUT2D eigenvalue weighted by molar-refractivity contribution is 7.80. The molecule has 190 valence electrons. The van der Waals surface area contributed by atoms with E-state index in [4.69, 9.17) is 18.8 Å². The van der Waals surface area contributed by atoms with Crippen molar-refractivity contribution in [1.29, 1.82) is 0 Å². The van der Waals surface area contributed by atoms with Gasteiger partial charge in [0.05, 0.1) is 12.2 Å². The van der Waals surface area contributed by atoms with Crippen molar-refractivity contribution in [1.82, 2.24) is 4.90 Å². The van der Waals surface area contributed by atoms with Crippen molar-refractivity contribution in [3.05, 3.63) is 35.4 Å². The fourth-order valence-electron chi connectivity index (χ4n) is 3.16. The van der Waals surface area contributed by atoms with E-state index in [9.17, 15) is 23.4 Å². The maximum atomic E-state index is 12.3. The van der Waals surface area contributed by atoms with Crippen molar-refractivity contribution in [2.75, 3.05) is 33.4 Å². The molecule has 1 aliphatic heterocycles. The van der Waals surface area contributed by atoms with Crippen molar-refractivity contribution in [2.24, 2.45) is 0 Å². The van der Waals surface area contributed by atoms with Crippen LogP contribution in [0.25, 0.3) is 0 Å². The first-order valence-electron chi connectivity index (χ1n) is 10.6. The summed E-state index contributed by atoms with van der Waals surface area (Å²) in [5, 5.41) is 19.6. The summed E-state index contributed by atoms with van der Waals surface area (Å²) < 4.78 is 50.9. The van der Waals surface area contributed by atoms with Crippen molar-refractivity contribution < 1.29 is 46.4 Å². The molecule has 0 unspecified atom stereocenters. The Morgan fingerprint density at radius 3 is 2.03 bits per heavy atom. The fourth-order valence-corrected chi connectivity index (χ4v) is 3.64. The second kappa shape index (κ2) is 13.9. The molecule has 2 rings (SSSR count). The number of ether oxygens (including phenoxy) is 3. The second-order valence-electron chi connectivity index (χ2n) is 7.30. The summed E-state index contributed by atoms with van der Waals surface area (Å²) in [5.74, 6) is -0.869. The van der Waals surface area contributed by atoms with E-state index >= 15 is 0 Å². The van der Waals surface area contributed by atoms with Crippen LogP contribution in [-0.2, 0) is 28.8 Å². The van der Waals surface area contributed by atoms with Crippen LogP contribution in [0.5, 0.6) is 0 Å². The summed E-state index contributed by atoms with van der Waals surface area (Å²) in [6.45, 7) is 11.3. The number of hydrogen-bond donors (Lipinski definition) is 3. The summed E-state index contributed by atoms with van der Waals surface area (Å²) in [5.41, 5.74) is 1.05. The van der Waals surface area contributed by atoms with Crippen LogP contribution in [0.3, 0.4) is 0 Å². The molecule has 0 aliphatic carbocycles. The Morgan fingerprint density at radius 1 is 1.09 bits per heavy atom. The molecule has 11 nitrogen and oxygen atoms in total. The number of aliphatic hydroxyl groups is 2. The zero-order chi connectivity index (χ0) is 25.2. The lowest BCUT2D eigenvalue weighted by atomic mass is 9.99. The van der Waals surface area contributed by atoms with E-state index in [0.717, 1.165) is 12.7 Å². The molecule has 1 saturated heterocycles. The van der Waals surface area contributed by atoms with Crippen LogP contribution in [-0.4, -0.2) is 98.1 Å². The number of benzene rings is 1. The van der Waals surface area contributed by atoms with Crippen LogP contribution in [0.4, 0.5) is 0 Å². The van der Waals surface area contributed by atoms with Crippen molar-refractivity contribution in [2.45, 2.75) is 58.4 Å². The average molecular weight is 494 g/mol. The first kappa shape index (κ1) is 29.4. The Hall–Kier alpha value is -1.64. The quantitative estimate of drug-likeness (QED) is 0.330. The highest BCUT2D eigenvalue weighted by Gasteiger charge is 2.50. The van der Waals surface area contributed by atoms with Crippen LogP contribution < -0.4 is 0 Å². The molecule has 0 spiro atoms. The molecular weight excluding hydrogens is 458 g/mol. The molecule has 5 atom stereocenters. The number of rotatable bonds is 9. The Morgan fingerprint density at radius 2 is 1.64 bits per heavy atom. The van der Waals surface area contributed by atoms with Gasteiger partial charge < -0.3 is 29.3 Å². The van der Waals surface area contributed by atoms with Gasteiger partial charge in [0.25, 0.3) is 0 Å². The lowest BCUT2D eigenvalue weighted by molar-refractivity contribution is -0.288. The van der Waals surface area contributed by atoms with Gasteiger partial charge in [-0.25, -0.2) is 8.98 Å². The number of nitrogens with zero attached hydrogens (tertiary/aromatic N) is 1. The Kier molecular flexibility index (Phi) is 12.4. The third-order valence-electron chi connectivity index (χ3n) is 5.14. The highest BCUT2D eigenvalue weighted by Crippen LogP contribution is 2.28. The van der Waals surface area contributed by atoms with E-state index in [1.165, 1.54) is 31.8 Å². The zero-order valence-electron chi connectivity index (χ0n) is 19.6. The van der Waals surface area contributed by atoms with Gasteiger partial charge in [0.1, 0.15) is 12.2 Å². The van der Waals surface area contributed by atoms with Gasteiger partial charge >= 0.3 is 16.4 Å². The van der Waals surface area contributed by atoms with E-state index in [-0.39, 0.29) is 5.56 Å². The summed E-state index contributed by atoms with van der Waals surface area (Å²) in [6, 6.07) is 6.30. The molecule has 3 N–H and O–H groups in total. The number of aliphatic hydroxyl groups excluding tert-OH is 2. The second-order valence-corrected chi connectivity index (χ2v) is 8.34. The van der Waals surface area contributed by atoms with Gasteiger partial charge in [0, 0.05) is 7.11 Å². The number of methoxy groups -OCH3 is 1. The first-order valence-corrected chi connectivity index (χ1v) is 12.0. The predicted octanol–water partition coefficient (Wildman–Crippen LogP) is 0.781. The van der Waals surface area contributed by atoms with Crippen molar-refractivity contribution in [3.8, 4) is 0 Å². The van der Waals surface area contributed by atoms with Gasteiger partial charge in [-0.1, -0.05) is 38.5 Å². The minimum absolute atomic E-state index is 0.148. The smallest absolute Gasteiger partial charge is 0.397 e. The molecule has 0 bridgehead atoms. The Balaban J connectivity index is 0.000000675. The number of carbonyl (C=O) groups excluding carboxylic acids is 1. The van der Waals surface area contributed by atoms with E-state index in [1.807, 2.05) is 6.92 Å². The molecule has 0 radical (unpaired) electrons. The maximum absolute atomic E-state index is 12.3. The lowest BCUT2D eigenvalue weighted by Crippen LogP contribution is -2.61. The van der Waals surface area contributed by atoms with E-state index in [1.54, 1.807) is 12.1 Å². The van der Waals surface area contributed by atoms with Crippen molar-refractivity contribution >= 4 is 16.4 Å². The summed E-state index contributed by atoms with van der Waals surface area (Å²) >= 11 is 0. The maximum Gasteiger partial charge on any atom is 0.397 e. The fraction of sp³-hybridized carbons (Fsp3) is 0.667. The summed E-state index contributed by atoms with van der Waals surface area (Å²) in [6.07, 6.45) is -7.58. The van der Waals surface area contributed by atoms with Gasteiger partial charge in [0.15, 0.2) is 18.5 Å². The van der Waals surface area contributed by atoms with Crippen LogP contribution >= 0.6 is 0 Å². The molecule has 1 heterocycles. The van der Waals surface area contributed by atoms with Crippen LogP contribution in [0, 0.1) is 6.92 Å². The molecule has 12 heteroatoms. The number of carbonyl (C=O) groups is 1. The number of hydrogen-bond acceptors (Lipinski definition) is 10. The summed E-state index contributed by atoms with van der Waals surface area (Å²) in [4.78, 5) is 14.7. The third kappa shape index (κ3) is 9.26. The monoisotopic (exact) mass is 493 g/mol. The van der Waals surface area contributed by atoms with Gasteiger partial charge in [-0.2, -0.15) is 8.42 Å². The molecular formula is C21H35NO10S. The number of aryl methyl sites for hydroxylation is 1. The van der Waals surface area contributed by atoms with Gasteiger partial charge in [-0.3, -0.25) is 4.55 Å². The number of esters is 1. The molecule has 33 heavy (non-hydrogen) atoms. The van der Waals surface area contributed by atoms with Gasteiger partial charge in [-0.15, -0.1) is 0 Å². The molecule has 1 aliphatic rings. The van der Waals surface area contributed by atoms with Gasteiger partial charge in [-0.05, 0) is 38.7 Å². The normalized spacial score (nSPS) is 25.3. The highest BCUT2D eigenvalue weighted by atomic mass is 32.3. The largest absolute Gasteiger partial charge is 0.453 e. The standard InChI is InChI=1S/C15H20O10S.C6H15N/c1-8-3-5-9(6-4-8)14(18)24-12-11(17)10(7-16)23-15(22-2)13(12)25-26(19,20)21;1-4-7(5-2)6-3/h3-6,10-13,15-17H,7H2,1-2H3,(H,19,20,21);4-6H2,1-3H3/t10-,11+,12+,13+,15-;/m1./s1. The molecule has 0 amide bonds. The SMILES string of the molecule is CCN(CC)CC.CO[C@@H]1O[C@H](CO)[C@H](O)[C@H](OC(=O)c2ccc(C)cc2)[C@@H]1OS(=O)(=O)O. The van der Waals surface area contributed by atoms with E-state index in [0.29, 0.717) is 0 Å². The average Bonchev–Trinajstić information content (AvgIpc) is 2.77. The summed E-state index contributed by atoms with van der Waals surface area (Å²) in [7, 11) is -3.83. The molecule has 0 saturated carbocycles. The zero-order valence-corrected chi connectivity index (χ0v) is 20.4. The van der Waals surface area contributed by atoms with Crippen LogP contribution in [0.1, 0.15) is 36.7 Å². The molecule has 0 aromatic heterocycles. The predicted molar refractivity (Wildman–Crippen MR) is 119 cm³/mol. The topological polar surface area (TPSA) is 152 Å². The van der Waals surface area contributed by atoms with Gasteiger partial charge in [0.2, 0.25) is 0 Å². The first-order chi connectivity index (χ1) is 15.5. The lowest BCUT2D eigenvalue weighted by Gasteiger charge is -2.41. The minimum atomic E-state index is -4.98. The molecule has 1 aromatic rings.